The van der Waals surface area contributed by atoms with Crippen molar-refractivity contribution in [3.63, 3.8) is 0 Å². The van der Waals surface area contributed by atoms with Crippen molar-refractivity contribution in [2.45, 2.75) is 40.0 Å². The number of esters is 1. The van der Waals surface area contributed by atoms with Crippen LogP contribution in [0.2, 0.25) is 0 Å². The minimum Gasteiger partial charge on any atom is -0.462 e. The van der Waals surface area contributed by atoms with E-state index in [1.165, 1.54) is 0 Å². The fourth-order valence-electron chi connectivity index (χ4n) is 2.88. The molecule has 0 aliphatic heterocycles. The van der Waals surface area contributed by atoms with Gasteiger partial charge in [0, 0.05) is 0 Å². The monoisotopic (exact) mass is 570 g/mol. The number of carboxylic acid groups (broad SMARTS) is 2. The number of carbonyl (C=O) groups is 4. The molecule has 222 valence electrons. The molecule has 0 aliphatic carbocycles. The Morgan fingerprint density at radius 3 is 1.59 bits per heavy atom. The van der Waals surface area contributed by atoms with Crippen LogP contribution in [0.5, 0.6) is 0 Å². The summed E-state index contributed by atoms with van der Waals surface area (Å²) >= 11 is 0. The predicted octanol–water partition coefficient (Wildman–Crippen LogP) is 7.93. The minimum atomic E-state index is -1.83. The van der Waals surface area contributed by atoms with Crippen LogP contribution in [0.25, 0.3) is 11.1 Å². The van der Waals surface area contributed by atoms with E-state index >= 15 is 0 Å². The fourth-order valence-corrected chi connectivity index (χ4v) is 2.88. The highest BCUT2D eigenvalue weighted by atomic mass is 16.8. The first-order chi connectivity index (χ1) is 19.8. The van der Waals surface area contributed by atoms with Crippen LogP contribution in [0.15, 0.2) is 91.0 Å². The van der Waals surface area contributed by atoms with Gasteiger partial charge in [0.2, 0.25) is 0 Å². The smallest absolute Gasteiger partial charge is 0.462 e. The molecule has 0 radical (unpaired) electrons. The largest absolute Gasteiger partial charge is 0.518 e. The molecule has 0 saturated carbocycles. The van der Waals surface area contributed by atoms with E-state index in [4.69, 9.17) is 19.7 Å². The van der Waals surface area contributed by atoms with Gasteiger partial charge in [-0.1, -0.05) is 105 Å². The lowest BCUT2D eigenvalue weighted by Crippen LogP contribution is -2.15. The lowest BCUT2D eigenvalue weighted by Gasteiger charge is -2.08. The molecule has 0 bridgehead atoms. The molecule has 3 aromatic rings. The third-order valence-electron chi connectivity index (χ3n) is 4.57. The lowest BCUT2D eigenvalue weighted by molar-refractivity contribution is 0.0379. The molecule has 0 atom stereocenters. The Bertz CT molecular complexity index is 1090. The Balaban J connectivity index is 0.000000594. The number of hydrogen-bond donors (Lipinski definition) is 2. The van der Waals surface area contributed by atoms with Crippen molar-refractivity contribution in [2.75, 3.05) is 19.8 Å². The highest BCUT2D eigenvalue weighted by Gasteiger charge is 2.13. The van der Waals surface area contributed by atoms with E-state index in [1.807, 2.05) is 98.8 Å². The molecule has 0 saturated heterocycles. The summed E-state index contributed by atoms with van der Waals surface area (Å²) in [4.78, 5) is 41.7. The van der Waals surface area contributed by atoms with Gasteiger partial charge in [0.25, 0.3) is 0 Å². The molecule has 0 aromatic heterocycles. The van der Waals surface area contributed by atoms with Crippen LogP contribution in [0.1, 0.15) is 50.4 Å². The van der Waals surface area contributed by atoms with Crippen molar-refractivity contribution in [2.24, 2.45) is 0 Å². The average molecular weight is 571 g/mol. The third-order valence-corrected chi connectivity index (χ3v) is 4.57. The number of hydrogen-bond acceptors (Lipinski definition) is 8. The Labute approximate surface area is 240 Å². The summed E-state index contributed by atoms with van der Waals surface area (Å²) in [5.74, 6) is -0.271. The zero-order valence-corrected chi connectivity index (χ0v) is 23.6. The first-order valence-electron chi connectivity index (χ1n) is 13.0. The predicted molar refractivity (Wildman–Crippen MR) is 154 cm³/mol. The zero-order chi connectivity index (χ0) is 30.7. The zero-order valence-electron chi connectivity index (χ0n) is 23.6. The molecule has 0 fully saturated rings. The third kappa shape index (κ3) is 19.8. The SMILES string of the molecule is CCCCCOC(=O)OC(=O)OCC.CCOC(=O)c1ccccc1-c1ccccc1.O=C(O)O.c1ccccc1. The highest BCUT2D eigenvalue weighted by Crippen LogP contribution is 2.23. The van der Waals surface area contributed by atoms with Gasteiger partial charge in [-0.05, 0) is 37.5 Å². The van der Waals surface area contributed by atoms with Gasteiger partial charge in [-0.25, -0.2) is 19.2 Å². The van der Waals surface area contributed by atoms with Gasteiger partial charge in [-0.15, -0.1) is 0 Å². The van der Waals surface area contributed by atoms with E-state index in [-0.39, 0.29) is 19.2 Å². The molecule has 0 unspecified atom stereocenters. The van der Waals surface area contributed by atoms with Crippen LogP contribution in [0.3, 0.4) is 0 Å². The van der Waals surface area contributed by atoms with Crippen LogP contribution < -0.4 is 0 Å². The number of ether oxygens (including phenoxy) is 4. The first-order valence-corrected chi connectivity index (χ1v) is 13.0. The summed E-state index contributed by atoms with van der Waals surface area (Å²) in [6.45, 7) is 6.30. The van der Waals surface area contributed by atoms with Gasteiger partial charge in [-0.2, -0.15) is 0 Å². The van der Waals surface area contributed by atoms with Gasteiger partial charge in [0.05, 0.1) is 25.4 Å². The molecule has 2 N–H and O–H groups in total. The van der Waals surface area contributed by atoms with Gasteiger partial charge in [0.1, 0.15) is 0 Å². The van der Waals surface area contributed by atoms with Crippen LogP contribution in [-0.2, 0) is 18.9 Å². The van der Waals surface area contributed by atoms with E-state index in [0.29, 0.717) is 12.2 Å². The molecule has 0 amide bonds. The van der Waals surface area contributed by atoms with E-state index in [0.717, 1.165) is 30.4 Å². The summed E-state index contributed by atoms with van der Waals surface area (Å²) in [5.41, 5.74) is 2.54. The maximum atomic E-state index is 11.8. The molecule has 10 nitrogen and oxygen atoms in total. The normalized spacial score (nSPS) is 9.05. The van der Waals surface area contributed by atoms with Gasteiger partial charge in [0.15, 0.2) is 0 Å². The molecule has 3 rings (SSSR count). The number of rotatable bonds is 8. The Kier molecular flexibility index (Phi) is 21.3. The van der Waals surface area contributed by atoms with E-state index < -0.39 is 18.5 Å². The van der Waals surface area contributed by atoms with Crippen LogP contribution in [-0.4, -0.2) is 54.5 Å². The summed E-state index contributed by atoms with van der Waals surface area (Å²) in [6, 6.07) is 29.3. The second kappa shape index (κ2) is 24.2. The van der Waals surface area contributed by atoms with E-state index in [1.54, 1.807) is 13.0 Å². The van der Waals surface area contributed by atoms with Gasteiger partial charge >= 0.3 is 24.4 Å². The molecule has 10 heteroatoms. The maximum Gasteiger partial charge on any atom is 0.518 e. The molecule has 0 spiro atoms. The summed E-state index contributed by atoms with van der Waals surface area (Å²) in [6.07, 6.45) is -1.07. The van der Waals surface area contributed by atoms with E-state index in [9.17, 15) is 14.4 Å². The fraction of sp³-hybridized carbons (Fsp3) is 0.290. The molecule has 0 heterocycles. The Hall–Kier alpha value is -4.86. The Morgan fingerprint density at radius 2 is 1.07 bits per heavy atom. The standard InChI is InChI=1S/C15H14O2.C9H16O5.C6H6.CH2O3/c1-2-17-15(16)14-11-7-6-10-13(14)12-8-4-3-5-9-12;1-3-5-6-7-13-9(11)14-8(10)12-4-2;1-2-4-6-5-3-1;2-1(3)4/h3-11H,2H2,1H3;3-7H2,1-2H3;1-6H;(H2,2,3,4). The van der Waals surface area contributed by atoms with Gasteiger partial charge < -0.3 is 29.2 Å². The number of unbranched alkanes of at least 4 members (excludes halogenated alkanes) is 2. The second-order valence-corrected chi connectivity index (χ2v) is 7.66. The molecule has 0 aliphatic rings. The van der Waals surface area contributed by atoms with Gasteiger partial charge in [-0.3, -0.25) is 0 Å². The first kappa shape index (κ1) is 36.1. The highest BCUT2D eigenvalue weighted by molar-refractivity contribution is 5.97. The number of carbonyl (C=O) groups excluding carboxylic acids is 3. The molecular formula is C31H38O10. The van der Waals surface area contributed by atoms with Crippen LogP contribution in [0, 0.1) is 0 Å². The minimum absolute atomic E-state index is 0.169. The molecular weight excluding hydrogens is 532 g/mol. The summed E-state index contributed by atoms with van der Waals surface area (Å²) in [7, 11) is 0. The lowest BCUT2D eigenvalue weighted by atomic mass is 10.00. The summed E-state index contributed by atoms with van der Waals surface area (Å²) in [5, 5.41) is 13.9. The molecule has 41 heavy (non-hydrogen) atoms. The van der Waals surface area contributed by atoms with Crippen molar-refractivity contribution >= 4 is 24.4 Å². The average Bonchev–Trinajstić information content (AvgIpc) is 2.97. The second-order valence-electron chi connectivity index (χ2n) is 7.66. The molecule has 3 aromatic carbocycles. The topological polar surface area (TPSA) is 146 Å². The quantitative estimate of drug-likeness (QED) is 0.118. The van der Waals surface area contributed by atoms with Crippen molar-refractivity contribution in [1.82, 2.24) is 0 Å². The van der Waals surface area contributed by atoms with Crippen LogP contribution >= 0.6 is 0 Å². The van der Waals surface area contributed by atoms with Crippen molar-refractivity contribution in [3.8, 4) is 11.1 Å². The van der Waals surface area contributed by atoms with E-state index in [2.05, 4.69) is 14.2 Å². The van der Waals surface area contributed by atoms with Crippen molar-refractivity contribution < 1.29 is 48.3 Å². The summed E-state index contributed by atoms with van der Waals surface area (Å²) < 4.78 is 18.2. The maximum absolute atomic E-state index is 11.8. The van der Waals surface area contributed by atoms with Crippen molar-refractivity contribution in [1.29, 1.82) is 0 Å². The van der Waals surface area contributed by atoms with Crippen LogP contribution in [0.4, 0.5) is 14.4 Å². The van der Waals surface area contributed by atoms with Crippen molar-refractivity contribution in [3.05, 3.63) is 96.6 Å². The number of benzene rings is 3. The Morgan fingerprint density at radius 1 is 0.610 bits per heavy atom.